The second kappa shape index (κ2) is 14.5. The average molecular weight is 721 g/mol. The molecular weight excluding hydrogens is 676 g/mol. The number of benzene rings is 2. The van der Waals surface area contributed by atoms with Crippen LogP contribution >= 0.6 is 11.6 Å². The summed E-state index contributed by atoms with van der Waals surface area (Å²) in [5.41, 5.74) is 4.13. The van der Waals surface area contributed by atoms with Crippen molar-refractivity contribution in [3.63, 3.8) is 0 Å². The summed E-state index contributed by atoms with van der Waals surface area (Å²) in [6, 6.07) is 13.3. The molecule has 5 atom stereocenters. The van der Waals surface area contributed by atoms with Crippen molar-refractivity contribution in [2.75, 3.05) is 43.2 Å². The number of ether oxygens (including phenoxy) is 3. The van der Waals surface area contributed by atoms with Crippen LogP contribution in [-0.4, -0.2) is 70.3 Å². The van der Waals surface area contributed by atoms with Crippen molar-refractivity contribution in [2.45, 2.75) is 63.1 Å². The lowest BCUT2D eigenvalue weighted by atomic mass is 9.68. The molecule has 2 aliphatic carbocycles. The molecule has 0 N–H and O–H groups in total. The Morgan fingerprint density at radius 1 is 1.16 bits per heavy atom. The molecule has 1 aromatic heterocycles. The van der Waals surface area contributed by atoms with Gasteiger partial charge in [0, 0.05) is 55.2 Å². The first-order valence-corrected chi connectivity index (χ1v) is 19.8. The smallest absolute Gasteiger partial charge is 0.319 e. The molecule has 1 saturated carbocycles. The fourth-order valence-corrected chi connectivity index (χ4v) is 10.1. The third-order valence-corrected chi connectivity index (χ3v) is 13.3. The number of carbonyl (C=O) groups is 2. The highest BCUT2D eigenvalue weighted by molar-refractivity contribution is 7.94. The number of aryl methyl sites for hydroxylation is 2. The van der Waals surface area contributed by atoms with Gasteiger partial charge in [-0.3, -0.25) is 14.3 Å². The molecule has 1 spiro atoms. The van der Waals surface area contributed by atoms with Crippen molar-refractivity contribution in [1.82, 2.24) is 9.78 Å². The number of anilines is 1. The highest BCUT2D eigenvalue weighted by Crippen LogP contribution is 2.47. The van der Waals surface area contributed by atoms with Crippen LogP contribution in [0.4, 0.5) is 5.69 Å². The summed E-state index contributed by atoms with van der Waals surface area (Å²) in [5, 5.41) is 4.83. The summed E-state index contributed by atoms with van der Waals surface area (Å²) < 4.78 is 38.3. The van der Waals surface area contributed by atoms with E-state index in [1.807, 2.05) is 18.2 Å². The molecule has 3 heterocycles. The van der Waals surface area contributed by atoms with Crippen LogP contribution in [0.3, 0.4) is 0 Å². The molecule has 0 saturated heterocycles. The predicted octanol–water partition coefficient (Wildman–Crippen LogP) is 6.29. The third-order valence-electron chi connectivity index (χ3n) is 11.0. The molecule has 10 nitrogen and oxygen atoms in total. The summed E-state index contributed by atoms with van der Waals surface area (Å²) in [7, 11) is 0.228. The van der Waals surface area contributed by atoms with E-state index in [4.69, 9.17) is 25.8 Å². The zero-order valence-corrected chi connectivity index (χ0v) is 30.3. The molecule has 50 heavy (non-hydrogen) atoms. The Bertz CT molecular complexity index is 1920. The van der Waals surface area contributed by atoms with Gasteiger partial charge in [0.05, 0.1) is 33.8 Å². The van der Waals surface area contributed by atoms with Crippen LogP contribution in [0.25, 0.3) is 0 Å². The number of halogens is 1. The van der Waals surface area contributed by atoms with Crippen LogP contribution in [0, 0.1) is 11.8 Å². The number of nitrogens with zero attached hydrogens (tertiary/aromatic N) is 4. The lowest BCUT2D eigenvalue weighted by Crippen LogP contribution is -2.49. The minimum Gasteiger partial charge on any atom is -0.490 e. The molecule has 0 unspecified atom stereocenters. The monoisotopic (exact) mass is 720 g/mol. The van der Waals surface area contributed by atoms with Crippen LogP contribution in [0.1, 0.15) is 65.7 Å². The van der Waals surface area contributed by atoms with Crippen molar-refractivity contribution < 1.29 is 28.0 Å². The van der Waals surface area contributed by atoms with Crippen LogP contribution in [0.2, 0.25) is 5.02 Å². The molecule has 2 bridgehead atoms. The lowest BCUT2D eigenvalue weighted by molar-refractivity contribution is -0.141. The van der Waals surface area contributed by atoms with Gasteiger partial charge in [-0.1, -0.05) is 29.8 Å². The lowest BCUT2D eigenvalue weighted by Gasteiger charge is -2.46. The topological polar surface area (TPSA) is 112 Å². The Morgan fingerprint density at radius 3 is 2.82 bits per heavy atom. The average Bonchev–Trinajstić information content (AvgIpc) is 3.43. The third kappa shape index (κ3) is 7.22. The summed E-state index contributed by atoms with van der Waals surface area (Å²) in [5.74, 6) is -0.223. The molecule has 3 aromatic rings. The maximum absolute atomic E-state index is 14.3. The summed E-state index contributed by atoms with van der Waals surface area (Å²) in [6.07, 6.45) is 12.0. The van der Waals surface area contributed by atoms with E-state index < -0.39 is 27.4 Å². The SMILES string of the molecule is CO[C@H]1/C=C/CCC[S@@](=O)(CC(=O)OCc2ccnn2C)=NC(=O)c2ccc3c(c2)N(C[C@@H]2CC[C@H]21)C[C@@]1(CCCc2cc(Cl)ccc21)CO3. The fraction of sp³-hybridized carbons (Fsp3) is 0.500. The van der Waals surface area contributed by atoms with Gasteiger partial charge in [0.1, 0.15) is 18.1 Å². The Balaban J connectivity index is 1.24. The van der Waals surface area contributed by atoms with Crippen molar-refractivity contribution in [1.29, 1.82) is 0 Å². The standard InChI is InChI=1S/C38H45ClN4O6S/c1-42-30(15-17-40-42)22-48-36(44)23-50(46)18-5-3-4-8-34(47-2)31-12-9-28(31)21-43-24-38(16-6-7-26-19-29(39)11-13-32(26)38)25-49-35-14-10-27(20-33(35)43)37(45)41-50/h4,8,10-11,13-15,17,19-20,28,31,34H,3,5-7,9,12,16,18,21-25H2,1-2H3/b8-4+/t28-,31+,34-,38-,50+/m0/s1. The number of fused-ring (bicyclic) bond motifs is 4. The van der Waals surface area contributed by atoms with E-state index >= 15 is 0 Å². The largest absolute Gasteiger partial charge is 0.490 e. The van der Waals surface area contributed by atoms with E-state index in [1.165, 1.54) is 11.1 Å². The van der Waals surface area contributed by atoms with Crippen molar-refractivity contribution in [3.05, 3.63) is 88.2 Å². The summed E-state index contributed by atoms with van der Waals surface area (Å²) in [4.78, 5) is 29.2. The molecule has 1 amide bonds. The molecule has 12 heteroatoms. The number of carbonyl (C=O) groups excluding carboxylic acids is 2. The zero-order chi connectivity index (χ0) is 34.9. The van der Waals surface area contributed by atoms with Gasteiger partial charge >= 0.3 is 5.97 Å². The van der Waals surface area contributed by atoms with E-state index in [9.17, 15) is 13.8 Å². The first-order valence-electron chi connectivity index (χ1n) is 17.5. The first-order chi connectivity index (χ1) is 24.1. The van der Waals surface area contributed by atoms with Gasteiger partial charge in [-0.2, -0.15) is 9.46 Å². The number of rotatable bonds is 5. The first kappa shape index (κ1) is 34.8. The molecule has 2 aromatic carbocycles. The van der Waals surface area contributed by atoms with Crippen LogP contribution < -0.4 is 9.64 Å². The van der Waals surface area contributed by atoms with Crippen LogP contribution in [0.15, 0.2) is 65.2 Å². The quantitative estimate of drug-likeness (QED) is 0.224. The zero-order valence-electron chi connectivity index (χ0n) is 28.7. The highest BCUT2D eigenvalue weighted by Gasteiger charge is 2.44. The van der Waals surface area contributed by atoms with Crippen LogP contribution in [0.5, 0.6) is 5.75 Å². The molecule has 266 valence electrons. The van der Waals surface area contributed by atoms with E-state index in [0.29, 0.717) is 48.3 Å². The van der Waals surface area contributed by atoms with Crippen LogP contribution in [-0.2, 0) is 49.5 Å². The van der Waals surface area contributed by atoms with Gasteiger partial charge in [0.15, 0.2) is 0 Å². The molecule has 7 rings (SSSR count). The Hall–Kier alpha value is -3.67. The number of allylic oxidation sites excluding steroid dienone is 1. The molecule has 1 fully saturated rings. The second-order valence-electron chi connectivity index (χ2n) is 14.2. The maximum Gasteiger partial charge on any atom is 0.319 e. The number of esters is 1. The van der Waals surface area contributed by atoms with Crippen molar-refractivity contribution in [3.8, 4) is 5.75 Å². The number of aromatic nitrogens is 2. The van der Waals surface area contributed by atoms with Gasteiger partial charge in [-0.25, -0.2) is 4.21 Å². The van der Waals surface area contributed by atoms with Crippen molar-refractivity contribution in [2.24, 2.45) is 23.2 Å². The molecule has 2 aliphatic heterocycles. The summed E-state index contributed by atoms with van der Waals surface area (Å²) in [6.45, 7) is 2.00. The fourth-order valence-electron chi connectivity index (χ4n) is 8.11. The van der Waals surface area contributed by atoms with Gasteiger partial charge in [0.25, 0.3) is 5.91 Å². The predicted molar refractivity (Wildman–Crippen MR) is 193 cm³/mol. The van der Waals surface area contributed by atoms with E-state index in [-0.39, 0.29) is 23.9 Å². The minimum atomic E-state index is -3.29. The van der Waals surface area contributed by atoms with Gasteiger partial charge < -0.3 is 19.1 Å². The minimum absolute atomic E-state index is 0.0121. The number of amides is 1. The van der Waals surface area contributed by atoms with Crippen molar-refractivity contribution >= 4 is 38.9 Å². The Morgan fingerprint density at radius 2 is 2.04 bits per heavy atom. The number of hydrogen-bond donors (Lipinski definition) is 0. The molecule has 4 aliphatic rings. The van der Waals surface area contributed by atoms with E-state index in [1.54, 1.807) is 37.2 Å². The van der Waals surface area contributed by atoms with E-state index in [2.05, 4.69) is 38.6 Å². The van der Waals surface area contributed by atoms with Gasteiger partial charge in [-0.05, 0) is 104 Å². The Labute approximate surface area is 299 Å². The molecular formula is C38H45ClN4O6S. The number of hydrogen-bond acceptors (Lipinski definition) is 8. The van der Waals surface area contributed by atoms with Gasteiger partial charge in [-0.15, -0.1) is 0 Å². The van der Waals surface area contributed by atoms with Gasteiger partial charge in [0.2, 0.25) is 0 Å². The van der Waals surface area contributed by atoms with E-state index in [0.717, 1.165) is 55.9 Å². The normalized spacial score (nSPS) is 28.7. The second-order valence-corrected chi connectivity index (χ2v) is 17.0. The maximum atomic E-state index is 14.3. The highest BCUT2D eigenvalue weighted by atomic mass is 35.5. The number of methoxy groups -OCH3 is 1. The molecule has 0 radical (unpaired) electrons. The Kier molecular flexibility index (Phi) is 10.1. The summed E-state index contributed by atoms with van der Waals surface area (Å²) >= 11 is 6.45.